The average Bonchev–Trinajstić information content (AvgIpc) is 3.87. The van der Waals surface area contributed by atoms with E-state index < -0.39 is 0 Å². The molecule has 15 heteroatoms. The van der Waals surface area contributed by atoms with Gasteiger partial charge in [0.05, 0.1) is 23.6 Å². The Kier molecular flexibility index (Phi) is 12.3. The first kappa shape index (κ1) is 41.1. The molecule has 2 fully saturated rings. The van der Waals surface area contributed by atoms with Crippen LogP contribution in [-0.4, -0.2) is 106 Å². The van der Waals surface area contributed by atoms with Crippen molar-refractivity contribution in [2.75, 3.05) is 63.1 Å². The SMILES string of the molecule is C[C@H]1CCCCN1c1nnc2ccc(O[C@@H]3CC[C@H](NC(=O)Nc4cc(C(C)(C)C)nn4-c4ccc(COC=O)c(OCCN5CCN(C)CC5)c4)c4ccccc43)cn12. The van der Waals surface area contributed by atoms with Gasteiger partial charge < -0.3 is 29.3 Å². The summed E-state index contributed by atoms with van der Waals surface area (Å²) in [5.41, 5.74) is 4.83. The van der Waals surface area contributed by atoms with E-state index in [0.717, 1.165) is 91.8 Å². The predicted molar refractivity (Wildman–Crippen MR) is 230 cm³/mol. The van der Waals surface area contributed by atoms with Crippen LogP contribution in [0.15, 0.2) is 66.9 Å². The Balaban J connectivity index is 0.981. The van der Waals surface area contributed by atoms with Gasteiger partial charge in [0.25, 0.3) is 6.47 Å². The van der Waals surface area contributed by atoms with E-state index in [4.69, 9.17) is 19.3 Å². The predicted octanol–water partition coefficient (Wildman–Crippen LogP) is 6.67. The number of rotatable bonds is 13. The highest BCUT2D eigenvalue weighted by Crippen LogP contribution is 2.39. The number of hydrogen-bond acceptors (Lipinski definition) is 11. The molecule has 2 N–H and O–H groups in total. The second kappa shape index (κ2) is 17.9. The van der Waals surface area contributed by atoms with Crippen molar-refractivity contribution in [2.45, 2.75) is 90.0 Å². The van der Waals surface area contributed by atoms with E-state index >= 15 is 0 Å². The van der Waals surface area contributed by atoms with Crippen molar-refractivity contribution in [3.05, 3.63) is 89.2 Å². The maximum atomic E-state index is 13.9. The van der Waals surface area contributed by atoms with Crippen molar-refractivity contribution >= 4 is 29.9 Å². The molecular weight excluding hydrogens is 761 g/mol. The molecule has 2 aromatic carbocycles. The minimum atomic E-state index is -0.340. The first-order valence-corrected chi connectivity index (χ1v) is 21.3. The molecule has 2 amide bonds. The second-order valence-corrected chi connectivity index (χ2v) is 17.4. The Bertz CT molecular complexity index is 2280. The van der Waals surface area contributed by atoms with Crippen LogP contribution in [0.25, 0.3) is 11.3 Å². The van der Waals surface area contributed by atoms with Gasteiger partial charge in [-0.1, -0.05) is 45.0 Å². The van der Waals surface area contributed by atoms with Gasteiger partial charge in [-0.3, -0.25) is 19.4 Å². The highest BCUT2D eigenvalue weighted by molar-refractivity contribution is 5.89. The quantitative estimate of drug-likeness (QED) is 0.123. The molecule has 5 aromatic rings. The molecule has 318 valence electrons. The summed E-state index contributed by atoms with van der Waals surface area (Å²) in [5.74, 6) is 2.71. The van der Waals surface area contributed by atoms with Gasteiger partial charge >= 0.3 is 6.03 Å². The first-order chi connectivity index (χ1) is 29.0. The lowest BCUT2D eigenvalue weighted by Gasteiger charge is -2.33. The number of piperazine rings is 1. The zero-order valence-electron chi connectivity index (χ0n) is 35.5. The van der Waals surface area contributed by atoms with Crippen LogP contribution in [-0.2, 0) is 21.6 Å². The molecule has 8 rings (SSSR count). The third-order valence-electron chi connectivity index (χ3n) is 12.0. The number of nitrogens with zero attached hydrogens (tertiary/aromatic N) is 8. The average molecular weight is 819 g/mol. The maximum Gasteiger partial charge on any atom is 0.320 e. The van der Waals surface area contributed by atoms with Crippen LogP contribution in [0.5, 0.6) is 11.5 Å². The molecule has 0 bridgehead atoms. The molecule has 0 unspecified atom stereocenters. The van der Waals surface area contributed by atoms with Gasteiger partial charge in [-0.15, -0.1) is 10.2 Å². The Morgan fingerprint density at radius 2 is 1.75 bits per heavy atom. The van der Waals surface area contributed by atoms with Gasteiger partial charge in [-0.05, 0) is 81.5 Å². The van der Waals surface area contributed by atoms with E-state index in [1.165, 1.54) is 6.42 Å². The summed E-state index contributed by atoms with van der Waals surface area (Å²) in [6.07, 6.45) is 6.72. The molecule has 5 heterocycles. The maximum absolute atomic E-state index is 13.9. The highest BCUT2D eigenvalue weighted by atomic mass is 16.5. The van der Waals surface area contributed by atoms with Crippen molar-refractivity contribution in [2.24, 2.45) is 0 Å². The zero-order valence-corrected chi connectivity index (χ0v) is 35.5. The van der Waals surface area contributed by atoms with E-state index in [1.54, 1.807) is 4.68 Å². The molecule has 0 radical (unpaired) electrons. The number of carbonyl (C=O) groups excluding carboxylic acids is 2. The molecule has 15 nitrogen and oxygen atoms in total. The number of amides is 2. The Hall–Kier alpha value is -5.67. The molecule has 2 saturated heterocycles. The van der Waals surface area contributed by atoms with Crippen molar-refractivity contribution in [1.82, 2.24) is 39.5 Å². The van der Waals surface area contributed by atoms with E-state index in [9.17, 15) is 9.59 Å². The first-order valence-electron chi connectivity index (χ1n) is 21.3. The van der Waals surface area contributed by atoms with E-state index in [0.29, 0.717) is 49.2 Å². The molecule has 1 aliphatic carbocycles. The number of aromatic nitrogens is 5. The summed E-state index contributed by atoms with van der Waals surface area (Å²) < 4.78 is 21.9. The Labute approximate surface area is 352 Å². The fraction of sp³-hybridized carbons (Fsp3) is 0.489. The molecule has 3 atom stereocenters. The van der Waals surface area contributed by atoms with Gasteiger partial charge in [0.2, 0.25) is 5.95 Å². The molecule has 0 spiro atoms. The molecule has 2 aliphatic heterocycles. The van der Waals surface area contributed by atoms with Gasteiger partial charge in [-0.2, -0.15) is 5.10 Å². The summed E-state index contributed by atoms with van der Waals surface area (Å²) in [6.45, 7) is 15.3. The second-order valence-electron chi connectivity index (χ2n) is 17.4. The topological polar surface area (TPSA) is 144 Å². The number of piperidine rings is 1. The lowest BCUT2D eigenvalue weighted by Crippen LogP contribution is -2.45. The number of fused-ring (bicyclic) bond motifs is 2. The van der Waals surface area contributed by atoms with Gasteiger partial charge in [-0.25, -0.2) is 9.48 Å². The van der Waals surface area contributed by atoms with E-state index in [2.05, 4.69) is 82.4 Å². The number of benzene rings is 2. The number of ether oxygens (including phenoxy) is 3. The largest absolute Gasteiger partial charge is 0.492 e. The zero-order chi connectivity index (χ0) is 41.8. The summed E-state index contributed by atoms with van der Waals surface area (Å²) in [7, 11) is 2.14. The fourth-order valence-corrected chi connectivity index (χ4v) is 8.46. The van der Waals surface area contributed by atoms with Crippen molar-refractivity contribution in [3.8, 4) is 17.2 Å². The number of likely N-dealkylation sites (N-methyl/N-ethyl adjacent to an activating group) is 1. The fourth-order valence-electron chi connectivity index (χ4n) is 8.46. The molecule has 3 aromatic heterocycles. The molecule has 60 heavy (non-hydrogen) atoms. The monoisotopic (exact) mass is 818 g/mol. The van der Waals surface area contributed by atoms with Crippen LogP contribution < -0.4 is 25.0 Å². The molecular formula is C45H58N10O5. The van der Waals surface area contributed by atoms with Gasteiger partial charge in [0, 0.05) is 68.4 Å². The summed E-state index contributed by atoms with van der Waals surface area (Å²) in [6, 6.07) is 19.5. The third-order valence-corrected chi connectivity index (χ3v) is 12.0. The Morgan fingerprint density at radius 3 is 2.53 bits per heavy atom. The molecule has 3 aliphatic rings. The van der Waals surface area contributed by atoms with Crippen LogP contribution in [0.3, 0.4) is 0 Å². The molecule has 0 saturated carbocycles. The van der Waals surface area contributed by atoms with Crippen LogP contribution in [0.2, 0.25) is 0 Å². The number of anilines is 2. The number of urea groups is 1. The third kappa shape index (κ3) is 9.21. The van der Waals surface area contributed by atoms with E-state index in [1.807, 2.05) is 59.1 Å². The Morgan fingerprint density at radius 1 is 0.933 bits per heavy atom. The van der Waals surface area contributed by atoms with Crippen molar-refractivity contribution < 1.29 is 23.8 Å². The normalized spacial score (nSPS) is 20.1. The van der Waals surface area contributed by atoms with Crippen molar-refractivity contribution in [3.63, 3.8) is 0 Å². The standard InChI is InChI=1S/C45H58N10O5/c1-31-10-8-9-19-53(31)44-49-48-41-18-15-34(28-54(41)44)60-38-17-16-37(35-11-6-7-12-36(35)38)46-43(57)47-42-27-40(45(2,3)4)50-55(42)33-14-13-32(29-58-30-56)39(26-33)59-25-24-52-22-20-51(5)21-23-52/h6-7,11-15,18,26-28,30-31,37-38H,8-10,16-17,19-25,29H2,1-5H3,(H2,46,47,57)/t31-,37-,38+/m0/s1. The van der Waals surface area contributed by atoms with Gasteiger partial charge in [0.15, 0.2) is 5.65 Å². The van der Waals surface area contributed by atoms with Crippen LogP contribution in [0, 0.1) is 0 Å². The van der Waals surface area contributed by atoms with Crippen molar-refractivity contribution in [1.29, 1.82) is 0 Å². The van der Waals surface area contributed by atoms with Crippen LogP contribution in [0.4, 0.5) is 16.6 Å². The summed E-state index contributed by atoms with van der Waals surface area (Å²) in [4.78, 5) is 32.1. The van der Waals surface area contributed by atoms with Crippen LogP contribution >= 0.6 is 0 Å². The number of pyridine rings is 1. The lowest BCUT2D eigenvalue weighted by molar-refractivity contribution is -0.129. The van der Waals surface area contributed by atoms with E-state index in [-0.39, 0.29) is 30.2 Å². The summed E-state index contributed by atoms with van der Waals surface area (Å²) >= 11 is 0. The number of hydrogen-bond donors (Lipinski definition) is 2. The van der Waals surface area contributed by atoms with Crippen LogP contribution in [0.1, 0.15) is 94.3 Å². The summed E-state index contributed by atoms with van der Waals surface area (Å²) in [5, 5.41) is 20.3. The lowest BCUT2D eigenvalue weighted by atomic mass is 9.85. The number of carbonyl (C=O) groups is 2. The minimum Gasteiger partial charge on any atom is -0.492 e. The minimum absolute atomic E-state index is 0.0819. The smallest absolute Gasteiger partial charge is 0.320 e. The number of nitrogens with one attached hydrogen (secondary N) is 2. The van der Waals surface area contributed by atoms with Gasteiger partial charge in [0.1, 0.15) is 36.6 Å². The highest BCUT2D eigenvalue weighted by Gasteiger charge is 2.31.